The van der Waals surface area contributed by atoms with E-state index in [-0.39, 0.29) is 12.2 Å². The Labute approximate surface area is 226 Å². The molecule has 4 aromatic rings. The van der Waals surface area contributed by atoms with E-state index in [2.05, 4.69) is 32.6 Å². The molecule has 0 radical (unpaired) electrons. The van der Waals surface area contributed by atoms with E-state index in [4.69, 9.17) is 32.7 Å². The van der Waals surface area contributed by atoms with Crippen LogP contribution in [0, 0.1) is 6.92 Å². The number of ether oxygens (including phenoxy) is 2. The molecular formula is C27H22BrCl2N3O3. The summed E-state index contributed by atoms with van der Waals surface area (Å²) in [7, 11) is 1.57. The van der Waals surface area contributed by atoms with E-state index in [1.807, 2.05) is 18.2 Å². The molecule has 184 valence electrons. The Kier molecular flexibility index (Phi) is 8.14. The maximum atomic E-state index is 13.0. The van der Waals surface area contributed by atoms with Gasteiger partial charge in [-0.15, -0.1) is 6.58 Å². The summed E-state index contributed by atoms with van der Waals surface area (Å²) in [5.41, 5.74) is 2.81. The first kappa shape index (κ1) is 25.9. The van der Waals surface area contributed by atoms with Crippen molar-refractivity contribution in [1.29, 1.82) is 0 Å². The molecule has 36 heavy (non-hydrogen) atoms. The van der Waals surface area contributed by atoms with Gasteiger partial charge in [-0.2, -0.15) is 9.78 Å². The number of aryl methyl sites for hydroxylation is 1. The van der Waals surface area contributed by atoms with E-state index in [1.54, 1.807) is 56.7 Å². The molecule has 0 atom stereocenters. The Morgan fingerprint density at radius 3 is 2.67 bits per heavy atom. The first-order valence-corrected chi connectivity index (χ1v) is 12.5. The van der Waals surface area contributed by atoms with Crippen molar-refractivity contribution in [1.82, 2.24) is 9.66 Å². The zero-order valence-electron chi connectivity index (χ0n) is 19.6. The number of fused-ring (bicyclic) bond motifs is 1. The lowest BCUT2D eigenvalue weighted by Crippen LogP contribution is -2.20. The van der Waals surface area contributed by atoms with Gasteiger partial charge in [0.05, 0.1) is 34.3 Å². The van der Waals surface area contributed by atoms with Crippen molar-refractivity contribution in [2.75, 3.05) is 7.11 Å². The van der Waals surface area contributed by atoms with Gasteiger partial charge in [0.1, 0.15) is 12.4 Å². The molecule has 0 unspecified atom stereocenters. The highest BCUT2D eigenvalue weighted by atomic mass is 79.9. The second-order valence-electron chi connectivity index (χ2n) is 7.92. The number of methoxy groups -OCH3 is 1. The van der Waals surface area contributed by atoms with Crippen LogP contribution in [-0.2, 0) is 13.0 Å². The third-order valence-corrected chi connectivity index (χ3v) is 6.63. The van der Waals surface area contributed by atoms with Crippen LogP contribution in [0.1, 0.15) is 22.5 Å². The number of hydrogen-bond acceptors (Lipinski definition) is 5. The lowest BCUT2D eigenvalue weighted by molar-refractivity contribution is 0.282. The largest absolute Gasteiger partial charge is 0.493 e. The average molecular weight is 587 g/mol. The minimum absolute atomic E-state index is 0.255. The van der Waals surface area contributed by atoms with E-state index in [1.165, 1.54) is 4.68 Å². The van der Waals surface area contributed by atoms with Gasteiger partial charge in [-0.05, 0) is 66.9 Å². The van der Waals surface area contributed by atoms with Crippen molar-refractivity contribution in [2.45, 2.75) is 20.0 Å². The fourth-order valence-electron chi connectivity index (χ4n) is 3.69. The van der Waals surface area contributed by atoms with Crippen LogP contribution in [0.15, 0.2) is 75.6 Å². The van der Waals surface area contributed by atoms with E-state index >= 15 is 0 Å². The lowest BCUT2D eigenvalue weighted by Gasteiger charge is -2.16. The molecule has 4 rings (SSSR count). The van der Waals surface area contributed by atoms with Gasteiger partial charge in [0.25, 0.3) is 5.56 Å². The Morgan fingerprint density at radius 2 is 1.94 bits per heavy atom. The quantitative estimate of drug-likeness (QED) is 0.165. The first-order valence-electron chi connectivity index (χ1n) is 10.9. The SMILES string of the molecule is C=CCc1cc(C=Nn2c(C)nc3ccc(Br)cc3c2=O)cc(OC)c1OCc1ccc(Cl)c(Cl)c1. The Balaban J connectivity index is 1.69. The van der Waals surface area contributed by atoms with Crippen molar-refractivity contribution < 1.29 is 9.47 Å². The highest BCUT2D eigenvalue weighted by molar-refractivity contribution is 9.10. The topological polar surface area (TPSA) is 65.7 Å². The van der Waals surface area contributed by atoms with Crippen LogP contribution >= 0.6 is 39.1 Å². The van der Waals surface area contributed by atoms with Crippen molar-refractivity contribution in [3.63, 3.8) is 0 Å². The van der Waals surface area contributed by atoms with Crippen LogP contribution in [0.3, 0.4) is 0 Å². The van der Waals surface area contributed by atoms with Gasteiger partial charge in [-0.3, -0.25) is 4.79 Å². The van der Waals surface area contributed by atoms with Gasteiger partial charge in [-0.25, -0.2) is 4.98 Å². The molecule has 9 heteroatoms. The number of allylic oxidation sites excluding steroid dienone is 1. The normalized spacial score (nSPS) is 11.2. The minimum atomic E-state index is -0.255. The molecule has 0 bridgehead atoms. The summed E-state index contributed by atoms with van der Waals surface area (Å²) in [4.78, 5) is 17.5. The van der Waals surface area contributed by atoms with Crippen molar-refractivity contribution in [3.05, 3.63) is 109 Å². The standard InChI is InChI=1S/C27H22BrCl2N3O3/c1-4-5-19-10-18(12-25(35-3)26(19)36-15-17-6-8-22(29)23(30)11-17)14-31-33-16(2)32-24-9-7-20(28)13-21(24)27(33)34/h4,6-14H,1,5,15H2,2-3H3. The summed E-state index contributed by atoms with van der Waals surface area (Å²) >= 11 is 15.6. The van der Waals surface area contributed by atoms with Crippen molar-refractivity contribution >= 4 is 56.2 Å². The molecule has 1 aromatic heterocycles. The smallest absolute Gasteiger partial charge is 0.282 e. The van der Waals surface area contributed by atoms with Crippen LogP contribution in [-0.4, -0.2) is 23.0 Å². The first-order chi connectivity index (χ1) is 17.3. The Bertz CT molecular complexity index is 1550. The Hall–Kier alpha value is -3.13. The second-order valence-corrected chi connectivity index (χ2v) is 9.65. The number of halogens is 3. The van der Waals surface area contributed by atoms with Gasteiger partial charge < -0.3 is 9.47 Å². The molecule has 0 fully saturated rings. The molecule has 0 aliphatic heterocycles. The molecule has 0 spiro atoms. The fraction of sp³-hybridized carbons (Fsp3) is 0.148. The number of aromatic nitrogens is 2. The third-order valence-electron chi connectivity index (χ3n) is 5.40. The predicted octanol–water partition coefficient (Wildman–Crippen LogP) is 6.97. The molecule has 0 aliphatic carbocycles. The maximum absolute atomic E-state index is 13.0. The lowest BCUT2D eigenvalue weighted by atomic mass is 10.1. The zero-order chi connectivity index (χ0) is 25.8. The van der Waals surface area contributed by atoms with Crippen LogP contribution in [0.5, 0.6) is 11.5 Å². The van der Waals surface area contributed by atoms with E-state index in [0.29, 0.717) is 44.7 Å². The molecule has 6 nitrogen and oxygen atoms in total. The summed E-state index contributed by atoms with van der Waals surface area (Å²) in [6, 6.07) is 14.4. The molecule has 1 heterocycles. The summed E-state index contributed by atoms with van der Waals surface area (Å²) in [6.45, 7) is 5.87. The monoisotopic (exact) mass is 585 g/mol. The summed E-state index contributed by atoms with van der Waals surface area (Å²) in [6.07, 6.45) is 3.92. The zero-order valence-corrected chi connectivity index (χ0v) is 22.7. The van der Waals surface area contributed by atoms with Gasteiger partial charge in [0.15, 0.2) is 11.5 Å². The van der Waals surface area contributed by atoms with Crippen molar-refractivity contribution in [2.24, 2.45) is 5.10 Å². The van der Waals surface area contributed by atoms with Gasteiger partial charge >= 0.3 is 0 Å². The number of nitrogens with zero attached hydrogens (tertiary/aromatic N) is 3. The summed E-state index contributed by atoms with van der Waals surface area (Å²) in [5, 5.41) is 5.85. The van der Waals surface area contributed by atoms with Gasteiger partial charge in [-0.1, -0.05) is 51.3 Å². The van der Waals surface area contributed by atoms with Crippen molar-refractivity contribution in [3.8, 4) is 11.5 Å². The molecule has 0 saturated carbocycles. The highest BCUT2D eigenvalue weighted by Crippen LogP contribution is 2.34. The fourth-order valence-corrected chi connectivity index (χ4v) is 4.37. The molecular weight excluding hydrogens is 565 g/mol. The average Bonchev–Trinajstić information content (AvgIpc) is 2.85. The van der Waals surface area contributed by atoms with Crippen LogP contribution in [0.2, 0.25) is 10.0 Å². The third kappa shape index (κ3) is 5.64. The molecule has 3 aromatic carbocycles. The summed E-state index contributed by atoms with van der Waals surface area (Å²) < 4.78 is 13.8. The molecule has 0 N–H and O–H groups in total. The molecule has 0 saturated heterocycles. The number of rotatable bonds is 8. The molecule has 0 aliphatic rings. The van der Waals surface area contributed by atoms with E-state index < -0.39 is 0 Å². The minimum Gasteiger partial charge on any atom is -0.493 e. The highest BCUT2D eigenvalue weighted by Gasteiger charge is 2.14. The van der Waals surface area contributed by atoms with E-state index in [9.17, 15) is 4.79 Å². The Morgan fingerprint density at radius 1 is 1.14 bits per heavy atom. The van der Waals surface area contributed by atoms with Gasteiger partial charge in [0.2, 0.25) is 0 Å². The van der Waals surface area contributed by atoms with Gasteiger partial charge in [0, 0.05) is 10.0 Å². The van der Waals surface area contributed by atoms with Crippen LogP contribution in [0.25, 0.3) is 10.9 Å². The maximum Gasteiger partial charge on any atom is 0.282 e. The van der Waals surface area contributed by atoms with Crippen LogP contribution < -0.4 is 15.0 Å². The molecule has 0 amide bonds. The van der Waals surface area contributed by atoms with Crippen LogP contribution in [0.4, 0.5) is 0 Å². The van der Waals surface area contributed by atoms with E-state index in [0.717, 1.165) is 21.2 Å². The number of benzene rings is 3. The number of hydrogen-bond donors (Lipinski definition) is 0. The second kappa shape index (κ2) is 11.3. The summed E-state index contributed by atoms with van der Waals surface area (Å²) in [5.74, 6) is 1.60. The predicted molar refractivity (Wildman–Crippen MR) is 149 cm³/mol.